The van der Waals surface area contributed by atoms with E-state index >= 15 is 0 Å². The first-order valence-corrected chi connectivity index (χ1v) is 9.09. The number of pyridine rings is 1. The molecule has 0 radical (unpaired) electrons. The van der Waals surface area contributed by atoms with Crippen LogP contribution in [0.2, 0.25) is 0 Å². The van der Waals surface area contributed by atoms with Gasteiger partial charge in [0, 0.05) is 29.9 Å². The number of benzene rings is 2. The highest BCUT2D eigenvalue weighted by Gasteiger charge is 2.30. The van der Waals surface area contributed by atoms with E-state index in [1.54, 1.807) is 6.20 Å². The molecule has 4 nitrogen and oxygen atoms in total. The molecule has 0 spiro atoms. The first-order chi connectivity index (χ1) is 12.7. The van der Waals surface area contributed by atoms with Crippen LogP contribution in [0, 0.1) is 5.92 Å². The molecule has 1 aromatic heterocycles. The van der Waals surface area contributed by atoms with Gasteiger partial charge in [-0.15, -0.1) is 0 Å². The number of fused-ring (bicyclic) bond motifs is 1. The summed E-state index contributed by atoms with van der Waals surface area (Å²) in [5.41, 5.74) is 1.86. The number of nitrogens with zero attached hydrogens (tertiary/aromatic N) is 2. The van der Waals surface area contributed by atoms with E-state index < -0.39 is 0 Å². The lowest BCUT2D eigenvalue weighted by molar-refractivity contribution is 0.0922. The molecule has 1 fully saturated rings. The SMILES string of the molecule is CN1CCC([C@H](NC(=O)c2ccc3cnccc3c2)c2ccccc2)C1. The van der Waals surface area contributed by atoms with Crippen LogP contribution < -0.4 is 5.32 Å². The monoisotopic (exact) mass is 345 g/mol. The molecular formula is C22H23N3O. The number of aromatic nitrogens is 1. The molecule has 1 aliphatic rings. The molecule has 1 N–H and O–H groups in total. The van der Waals surface area contributed by atoms with E-state index in [0.29, 0.717) is 11.5 Å². The minimum Gasteiger partial charge on any atom is -0.345 e. The highest BCUT2D eigenvalue weighted by Crippen LogP contribution is 2.30. The summed E-state index contributed by atoms with van der Waals surface area (Å²) in [6, 6.07) is 18.0. The van der Waals surface area contributed by atoms with Crippen LogP contribution in [0.3, 0.4) is 0 Å². The third-order valence-electron chi connectivity index (χ3n) is 5.25. The van der Waals surface area contributed by atoms with Crippen molar-refractivity contribution < 1.29 is 4.79 Å². The fraction of sp³-hybridized carbons (Fsp3) is 0.273. The van der Waals surface area contributed by atoms with Crippen molar-refractivity contribution in [2.45, 2.75) is 12.5 Å². The molecule has 1 amide bonds. The zero-order valence-electron chi connectivity index (χ0n) is 14.9. The van der Waals surface area contributed by atoms with Gasteiger partial charge >= 0.3 is 0 Å². The van der Waals surface area contributed by atoms with Crippen molar-refractivity contribution in [2.24, 2.45) is 5.92 Å². The number of rotatable bonds is 4. The summed E-state index contributed by atoms with van der Waals surface area (Å²) in [7, 11) is 2.14. The summed E-state index contributed by atoms with van der Waals surface area (Å²) in [5, 5.41) is 5.37. The minimum atomic E-state index is -0.0212. The standard InChI is InChI=1S/C22H23N3O/c1-25-12-10-20(15-25)21(16-5-3-2-4-6-16)24-22(26)18-7-8-19-14-23-11-9-17(19)13-18/h2-9,11,13-14,20-21H,10,12,15H2,1H3,(H,24,26)/t20?,21-/m1/s1. The second-order valence-corrected chi connectivity index (χ2v) is 7.11. The Labute approximate surface area is 153 Å². The molecule has 3 aromatic rings. The molecule has 26 heavy (non-hydrogen) atoms. The van der Waals surface area contributed by atoms with Crippen molar-refractivity contribution in [2.75, 3.05) is 20.1 Å². The Morgan fingerprint density at radius 3 is 2.77 bits per heavy atom. The zero-order chi connectivity index (χ0) is 17.9. The van der Waals surface area contributed by atoms with Gasteiger partial charge in [0.05, 0.1) is 6.04 Å². The molecule has 4 heteroatoms. The van der Waals surface area contributed by atoms with Gasteiger partial charge in [-0.3, -0.25) is 9.78 Å². The Morgan fingerprint density at radius 1 is 1.15 bits per heavy atom. The molecule has 0 aliphatic carbocycles. The Balaban J connectivity index is 1.60. The summed E-state index contributed by atoms with van der Waals surface area (Å²) in [6.07, 6.45) is 4.67. The van der Waals surface area contributed by atoms with Crippen LogP contribution in [0.4, 0.5) is 0 Å². The summed E-state index contributed by atoms with van der Waals surface area (Å²) in [4.78, 5) is 19.4. The van der Waals surface area contributed by atoms with Gasteiger partial charge in [-0.25, -0.2) is 0 Å². The molecule has 2 aromatic carbocycles. The van der Waals surface area contributed by atoms with Gasteiger partial charge in [0.15, 0.2) is 0 Å². The van der Waals surface area contributed by atoms with Crippen molar-refractivity contribution in [3.63, 3.8) is 0 Å². The average molecular weight is 345 g/mol. The number of hydrogen-bond acceptors (Lipinski definition) is 3. The predicted octanol–water partition coefficient (Wildman–Crippen LogP) is 3.66. The van der Waals surface area contributed by atoms with E-state index in [9.17, 15) is 4.79 Å². The third kappa shape index (κ3) is 3.46. The van der Waals surface area contributed by atoms with Gasteiger partial charge in [-0.2, -0.15) is 0 Å². The summed E-state index contributed by atoms with van der Waals surface area (Å²) >= 11 is 0. The van der Waals surface area contributed by atoms with E-state index in [4.69, 9.17) is 0 Å². The summed E-state index contributed by atoms with van der Waals surface area (Å²) in [6.45, 7) is 2.08. The maximum absolute atomic E-state index is 13.0. The number of hydrogen-bond donors (Lipinski definition) is 1. The van der Waals surface area contributed by atoms with Gasteiger partial charge in [-0.1, -0.05) is 36.4 Å². The lowest BCUT2D eigenvalue weighted by Gasteiger charge is -2.25. The van der Waals surface area contributed by atoms with E-state index in [0.717, 1.165) is 30.3 Å². The molecule has 132 valence electrons. The van der Waals surface area contributed by atoms with Crippen LogP contribution in [0.1, 0.15) is 28.4 Å². The maximum Gasteiger partial charge on any atom is 0.251 e. The molecule has 0 saturated carbocycles. The highest BCUT2D eigenvalue weighted by molar-refractivity contribution is 5.98. The second kappa shape index (κ2) is 7.26. The molecule has 1 saturated heterocycles. The highest BCUT2D eigenvalue weighted by atomic mass is 16.1. The molecule has 4 rings (SSSR count). The lowest BCUT2D eigenvalue weighted by atomic mass is 9.92. The molecule has 2 heterocycles. The van der Waals surface area contributed by atoms with Gasteiger partial charge in [0.25, 0.3) is 5.91 Å². The van der Waals surface area contributed by atoms with Crippen LogP contribution in [0.15, 0.2) is 67.0 Å². The van der Waals surface area contributed by atoms with Crippen molar-refractivity contribution >= 4 is 16.7 Å². The molecule has 0 bridgehead atoms. The van der Waals surface area contributed by atoms with Crippen LogP contribution in [0.5, 0.6) is 0 Å². The van der Waals surface area contributed by atoms with Crippen molar-refractivity contribution in [3.8, 4) is 0 Å². The number of amides is 1. The van der Waals surface area contributed by atoms with Gasteiger partial charge in [0.2, 0.25) is 0 Å². The zero-order valence-corrected chi connectivity index (χ0v) is 14.9. The first kappa shape index (κ1) is 16.7. The first-order valence-electron chi connectivity index (χ1n) is 9.09. The molecule has 1 unspecified atom stereocenters. The number of nitrogens with one attached hydrogen (secondary N) is 1. The normalized spacial score (nSPS) is 18.7. The van der Waals surface area contributed by atoms with Gasteiger partial charge in [-0.05, 0) is 55.1 Å². The Hall–Kier alpha value is -2.72. The van der Waals surface area contributed by atoms with E-state index in [1.165, 1.54) is 5.56 Å². The summed E-state index contributed by atoms with van der Waals surface area (Å²) < 4.78 is 0. The molecule has 2 atom stereocenters. The lowest BCUT2D eigenvalue weighted by Crippen LogP contribution is -2.34. The second-order valence-electron chi connectivity index (χ2n) is 7.11. The van der Waals surface area contributed by atoms with Crippen LogP contribution in [-0.4, -0.2) is 35.9 Å². The van der Waals surface area contributed by atoms with E-state index in [1.807, 2.05) is 48.7 Å². The maximum atomic E-state index is 13.0. The number of likely N-dealkylation sites (tertiary alicyclic amines) is 1. The quantitative estimate of drug-likeness (QED) is 0.785. The fourth-order valence-corrected chi connectivity index (χ4v) is 3.82. The Bertz CT molecular complexity index is 909. The smallest absolute Gasteiger partial charge is 0.251 e. The van der Waals surface area contributed by atoms with E-state index in [2.05, 4.69) is 34.4 Å². The molecule has 1 aliphatic heterocycles. The van der Waals surface area contributed by atoms with Gasteiger partial charge in [0.1, 0.15) is 0 Å². The van der Waals surface area contributed by atoms with Crippen LogP contribution >= 0.6 is 0 Å². The topological polar surface area (TPSA) is 45.2 Å². The van der Waals surface area contributed by atoms with E-state index in [-0.39, 0.29) is 11.9 Å². The van der Waals surface area contributed by atoms with Crippen molar-refractivity contribution in [3.05, 3.63) is 78.1 Å². The predicted molar refractivity (Wildman–Crippen MR) is 104 cm³/mol. The Kier molecular flexibility index (Phi) is 4.67. The van der Waals surface area contributed by atoms with Crippen LogP contribution in [0.25, 0.3) is 10.8 Å². The fourth-order valence-electron chi connectivity index (χ4n) is 3.82. The largest absolute Gasteiger partial charge is 0.345 e. The van der Waals surface area contributed by atoms with Crippen LogP contribution in [-0.2, 0) is 0 Å². The number of carbonyl (C=O) groups is 1. The minimum absolute atomic E-state index is 0.0212. The van der Waals surface area contributed by atoms with Crippen molar-refractivity contribution in [1.29, 1.82) is 0 Å². The Morgan fingerprint density at radius 2 is 2.00 bits per heavy atom. The summed E-state index contributed by atoms with van der Waals surface area (Å²) in [5.74, 6) is 0.406. The number of carbonyl (C=O) groups excluding carboxylic acids is 1. The van der Waals surface area contributed by atoms with Crippen molar-refractivity contribution in [1.82, 2.24) is 15.2 Å². The molecular weight excluding hydrogens is 322 g/mol. The van der Waals surface area contributed by atoms with Gasteiger partial charge < -0.3 is 10.2 Å². The average Bonchev–Trinajstić information content (AvgIpc) is 3.12. The third-order valence-corrected chi connectivity index (χ3v) is 5.25.